The molecule has 1 fully saturated rings. The Labute approximate surface area is 107 Å². The molecule has 0 bridgehead atoms. The minimum Gasteiger partial charge on any atom is -0.496 e. The van der Waals surface area contributed by atoms with Gasteiger partial charge in [-0.2, -0.15) is 0 Å². The number of piperidine rings is 1. The Hall–Kier alpha value is -1.42. The Kier molecular flexibility index (Phi) is 3.28. The van der Waals surface area contributed by atoms with Crippen molar-refractivity contribution in [2.24, 2.45) is 0 Å². The summed E-state index contributed by atoms with van der Waals surface area (Å²) < 4.78 is 16.7. The molecule has 0 saturated carbocycles. The highest BCUT2D eigenvalue weighted by Gasteiger charge is 2.23. The van der Waals surface area contributed by atoms with Crippen LogP contribution < -0.4 is 19.5 Å². The van der Waals surface area contributed by atoms with Crippen molar-refractivity contribution in [1.29, 1.82) is 0 Å². The molecule has 4 heteroatoms. The summed E-state index contributed by atoms with van der Waals surface area (Å²) in [5.41, 5.74) is 1.23. The molecule has 0 aliphatic carbocycles. The normalized spacial score (nSPS) is 22.6. The summed E-state index contributed by atoms with van der Waals surface area (Å²) >= 11 is 0. The second-order valence-corrected chi connectivity index (χ2v) is 4.78. The van der Waals surface area contributed by atoms with E-state index in [9.17, 15) is 0 Å². The molecule has 1 aromatic rings. The number of hydrogen-bond donors (Lipinski definition) is 1. The molecular formula is C14H19NO3. The Morgan fingerprint density at radius 3 is 2.67 bits per heavy atom. The third-order valence-corrected chi connectivity index (χ3v) is 3.63. The van der Waals surface area contributed by atoms with Crippen LogP contribution in [0.1, 0.15) is 24.3 Å². The Balaban J connectivity index is 1.95. The van der Waals surface area contributed by atoms with E-state index >= 15 is 0 Å². The first kappa shape index (κ1) is 11.7. The Morgan fingerprint density at radius 2 is 2.00 bits per heavy atom. The topological polar surface area (TPSA) is 39.7 Å². The van der Waals surface area contributed by atoms with Gasteiger partial charge >= 0.3 is 0 Å². The summed E-state index contributed by atoms with van der Waals surface area (Å²) in [6, 6.07) is 4.05. The van der Waals surface area contributed by atoms with Gasteiger partial charge in [0.2, 0.25) is 0 Å². The summed E-state index contributed by atoms with van der Waals surface area (Å²) in [7, 11) is 1.71. The summed E-state index contributed by atoms with van der Waals surface area (Å²) in [5.74, 6) is 3.06. The van der Waals surface area contributed by atoms with Crippen molar-refractivity contribution in [3.63, 3.8) is 0 Å². The second-order valence-electron chi connectivity index (χ2n) is 4.78. The lowest BCUT2D eigenvalue weighted by atomic mass is 9.90. The smallest absolute Gasteiger partial charge is 0.165 e. The van der Waals surface area contributed by atoms with Gasteiger partial charge in [-0.05, 0) is 25.5 Å². The number of rotatable bonds is 2. The van der Waals surface area contributed by atoms with E-state index in [1.54, 1.807) is 7.11 Å². The van der Waals surface area contributed by atoms with Crippen LogP contribution in [-0.2, 0) is 0 Å². The van der Waals surface area contributed by atoms with E-state index in [-0.39, 0.29) is 0 Å². The summed E-state index contributed by atoms with van der Waals surface area (Å²) in [6.45, 7) is 3.36. The van der Waals surface area contributed by atoms with Crippen molar-refractivity contribution in [1.82, 2.24) is 5.32 Å². The third-order valence-electron chi connectivity index (χ3n) is 3.63. The molecule has 1 N–H and O–H groups in total. The molecule has 2 aliphatic heterocycles. The maximum atomic E-state index is 5.65. The average molecular weight is 249 g/mol. The molecule has 1 saturated heterocycles. The zero-order chi connectivity index (χ0) is 12.4. The summed E-state index contributed by atoms with van der Waals surface area (Å²) in [6.07, 6.45) is 2.41. The number of benzene rings is 1. The third kappa shape index (κ3) is 2.12. The standard InChI is InChI=1S/C14H19NO3/c1-16-12-8-14-13(17-5-6-18-14)7-11(12)10-3-2-4-15-9-10/h7-8,10,15H,2-6,9H2,1H3. The number of nitrogens with one attached hydrogen (secondary N) is 1. The van der Waals surface area contributed by atoms with Crippen molar-refractivity contribution >= 4 is 0 Å². The number of methoxy groups -OCH3 is 1. The van der Waals surface area contributed by atoms with E-state index in [0.717, 1.165) is 30.3 Å². The maximum absolute atomic E-state index is 5.65. The molecule has 2 heterocycles. The second kappa shape index (κ2) is 5.06. The molecule has 0 radical (unpaired) electrons. The van der Waals surface area contributed by atoms with Gasteiger partial charge in [0.1, 0.15) is 19.0 Å². The quantitative estimate of drug-likeness (QED) is 0.869. The first-order valence-corrected chi connectivity index (χ1v) is 6.56. The van der Waals surface area contributed by atoms with Gasteiger partial charge in [-0.15, -0.1) is 0 Å². The maximum Gasteiger partial charge on any atom is 0.165 e. The highest BCUT2D eigenvalue weighted by molar-refractivity contribution is 5.52. The predicted octanol–water partition coefficient (Wildman–Crippen LogP) is 1.93. The first-order valence-electron chi connectivity index (χ1n) is 6.56. The zero-order valence-corrected chi connectivity index (χ0v) is 10.7. The van der Waals surface area contributed by atoms with Crippen LogP contribution in [0.2, 0.25) is 0 Å². The van der Waals surface area contributed by atoms with E-state index < -0.39 is 0 Å². The summed E-state index contributed by atoms with van der Waals surface area (Å²) in [4.78, 5) is 0. The molecule has 0 spiro atoms. The zero-order valence-electron chi connectivity index (χ0n) is 10.7. The SMILES string of the molecule is COc1cc2c(cc1C1CCCNC1)OCCO2. The summed E-state index contributed by atoms with van der Waals surface area (Å²) in [5, 5.41) is 3.44. The molecule has 3 rings (SSSR count). The molecule has 18 heavy (non-hydrogen) atoms. The highest BCUT2D eigenvalue weighted by Crippen LogP contribution is 2.41. The van der Waals surface area contributed by atoms with Gasteiger partial charge < -0.3 is 19.5 Å². The Morgan fingerprint density at radius 1 is 1.22 bits per heavy atom. The monoisotopic (exact) mass is 249 g/mol. The van der Waals surface area contributed by atoms with Gasteiger partial charge in [-0.25, -0.2) is 0 Å². The van der Waals surface area contributed by atoms with Crippen LogP contribution in [0.4, 0.5) is 0 Å². The van der Waals surface area contributed by atoms with Crippen LogP contribution in [-0.4, -0.2) is 33.4 Å². The van der Waals surface area contributed by atoms with Gasteiger partial charge in [-0.3, -0.25) is 0 Å². The lowest BCUT2D eigenvalue weighted by Crippen LogP contribution is -2.28. The predicted molar refractivity (Wildman–Crippen MR) is 68.8 cm³/mol. The van der Waals surface area contributed by atoms with E-state index in [1.807, 2.05) is 6.07 Å². The van der Waals surface area contributed by atoms with Crippen molar-refractivity contribution < 1.29 is 14.2 Å². The van der Waals surface area contributed by atoms with Crippen LogP contribution in [0.15, 0.2) is 12.1 Å². The lowest BCUT2D eigenvalue weighted by Gasteiger charge is -2.27. The first-order chi connectivity index (χ1) is 8.88. The fraction of sp³-hybridized carbons (Fsp3) is 0.571. The molecule has 4 nitrogen and oxygen atoms in total. The number of hydrogen-bond acceptors (Lipinski definition) is 4. The molecule has 0 aromatic heterocycles. The van der Waals surface area contributed by atoms with Crippen molar-refractivity contribution in [3.05, 3.63) is 17.7 Å². The fourth-order valence-electron chi connectivity index (χ4n) is 2.70. The average Bonchev–Trinajstić information content (AvgIpc) is 2.46. The van der Waals surface area contributed by atoms with E-state index in [4.69, 9.17) is 14.2 Å². The van der Waals surface area contributed by atoms with Crippen LogP contribution in [0.5, 0.6) is 17.2 Å². The molecule has 0 amide bonds. The van der Waals surface area contributed by atoms with Crippen LogP contribution >= 0.6 is 0 Å². The Bertz CT molecular complexity index is 427. The molecule has 1 unspecified atom stereocenters. The van der Waals surface area contributed by atoms with Crippen molar-refractivity contribution in [3.8, 4) is 17.2 Å². The molecule has 2 aliphatic rings. The van der Waals surface area contributed by atoms with Gasteiger partial charge in [0, 0.05) is 24.1 Å². The van der Waals surface area contributed by atoms with E-state index in [2.05, 4.69) is 11.4 Å². The highest BCUT2D eigenvalue weighted by atomic mass is 16.6. The van der Waals surface area contributed by atoms with Crippen LogP contribution in [0.3, 0.4) is 0 Å². The molecule has 1 atom stereocenters. The van der Waals surface area contributed by atoms with Gasteiger partial charge in [0.05, 0.1) is 7.11 Å². The van der Waals surface area contributed by atoms with Crippen molar-refractivity contribution in [2.75, 3.05) is 33.4 Å². The van der Waals surface area contributed by atoms with Crippen molar-refractivity contribution in [2.45, 2.75) is 18.8 Å². The lowest BCUT2D eigenvalue weighted by molar-refractivity contribution is 0.170. The molecule has 98 valence electrons. The molecular weight excluding hydrogens is 230 g/mol. The minimum absolute atomic E-state index is 0.504. The minimum atomic E-state index is 0.504. The van der Waals surface area contributed by atoms with Gasteiger partial charge in [-0.1, -0.05) is 0 Å². The van der Waals surface area contributed by atoms with Gasteiger partial charge in [0.25, 0.3) is 0 Å². The number of fused-ring (bicyclic) bond motifs is 1. The molecule has 1 aromatic carbocycles. The largest absolute Gasteiger partial charge is 0.496 e. The van der Waals surface area contributed by atoms with Gasteiger partial charge in [0.15, 0.2) is 11.5 Å². The van der Waals surface area contributed by atoms with E-state index in [0.29, 0.717) is 19.1 Å². The number of ether oxygens (including phenoxy) is 3. The van der Waals surface area contributed by atoms with Crippen LogP contribution in [0.25, 0.3) is 0 Å². The fourth-order valence-corrected chi connectivity index (χ4v) is 2.70. The van der Waals surface area contributed by atoms with E-state index in [1.165, 1.54) is 18.4 Å². The van der Waals surface area contributed by atoms with Crippen LogP contribution in [0, 0.1) is 0 Å².